The van der Waals surface area contributed by atoms with E-state index in [1.165, 1.54) is 32.4 Å². The van der Waals surface area contributed by atoms with Crippen LogP contribution in [0.15, 0.2) is 18.2 Å². The zero-order valence-electron chi connectivity index (χ0n) is 16.8. The van der Waals surface area contributed by atoms with Crippen LogP contribution in [0.3, 0.4) is 0 Å². The summed E-state index contributed by atoms with van der Waals surface area (Å²) in [7, 11) is -2.20. The smallest absolute Gasteiger partial charge is 0.243 e. The fraction of sp³-hybridized carbons (Fsp3) is 0.632. The van der Waals surface area contributed by atoms with Crippen LogP contribution in [0.1, 0.15) is 32.6 Å². The molecule has 7 nitrogen and oxygen atoms in total. The van der Waals surface area contributed by atoms with Crippen molar-refractivity contribution >= 4 is 33.2 Å². The normalized spacial score (nSPS) is 16.4. The summed E-state index contributed by atoms with van der Waals surface area (Å²) in [4.78, 5) is 15.0. The van der Waals surface area contributed by atoms with Gasteiger partial charge in [-0.2, -0.15) is 0 Å². The van der Waals surface area contributed by atoms with Gasteiger partial charge in [-0.15, -0.1) is 0 Å². The first kappa shape index (κ1) is 22.8. The third-order valence-electron chi connectivity index (χ3n) is 4.88. The van der Waals surface area contributed by atoms with E-state index in [4.69, 9.17) is 16.3 Å². The van der Waals surface area contributed by atoms with Gasteiger partial charge in [-0.3, -0.25) is 9.10 Å². The molecule has 9 heteroatoms. The molecule has 0 aliphatic carbocycles. The standard InChI is InChI=1S/C19H30ClN3O4S/c1-15(19(24)21-10-7-13-22-11-5-4-6-12-22)23(28(3,25)26)16-8-9-18(27-2)17(20)14-16/h8-9,14-15H,4-7,10-13H2,1-3H3,(H,21,24). The van der Waals surface area contributed by atoms with E-state index >= 15 is 0 Å². The van der Waals surface area contributed by atoms with Gasteiger partial charge in [-0.25, -0.2) is 8.42 Å². The molecule has 1 aromatic carbocycles. The van der Waals surface area contributed by atoms with Gasteiger partial charge in [-0.05, 0) is 64.0 Å². The molecule has 158 valence electrons. The number of rotatable bonds is 9. The van der Waals surface area contributed by atoms with Crippen molar-refractivity contribution < 1.29 is 17.9 Å². The molecule has 1 saturated heterocycles. The molecular formula is C19H30ClN3O4S. The van der Waals surface area contributed by atoms with Crippen LogP contribution >= 0.6 is 11.6 Å². The third kappa shape index (κ3) is 6.25. The van der Waals surface area contributed by atoms with E-state index in [9.17, 15) is 13.2 Å². The molecule has 0 saturated carbocycles. The molecule has 1 fully saturated rings. The Kier molecular flexibility index (Phi) is 8.39. The van der Waals surface area contributed by atoms with Crippen LogP contribution in [0.5, 0.6) is 5.75 Å². The molecule has 0 bridgehead atoms. The van der Waals surface area contributed by atoms with Crippen molar-refractivity contribution in [3.05, 3.63) is 23.2 Å². The maximum absolute atomic E-state index is 12.6. The lowest BCUT2D eigenvalue weighted by atomic mass is 10.1. The summed E-state index contributed by atoms with van der Waals surface area (Å²) in [5.41, 5.74) is 0.323. The second-order valence-electron chi connectivity index (χ2n) is 7.10. The number of ether oxygens (including phenoxy) is 1. The Bertz CT molecular complexity index is 766. The Morgan fingerprint density at radius 2 is 2.00 bits per heavy atom. The minimum Gasteiger partial charge on any atom is -0.495 e. The van der Waals surface area contributed by atoms with E-state index in [-0.39, 0.29) is 10.9 Å². The Hall–Kier alpha value is -1.51. The Morgan fingerprint density at radius 3 is 2.57 bits per heavy atom. The first-order valence-electron chi connectivity index (χ1n) is 9.57. The number of carbonyl (C=O) groups excluding carboxylic acids is 1. The second-order valence-corrected chi connectivity index (χ2v) is 9.37. The number of sulfonamides is 1. The number of anilines is 1. The third-order valence-corrected chi connectivity index (χ3v) is 6.41. The molecule has 0 aromatic heterocycles. The number of methoxy groups -OCH3 is 1. The van der Waals surface area contributed by atoms with Crippen molar-refractivity contribution in [1.29, 1.82) is 0 Å². The molecule has 1 N–H and O–H groups in total. The zero-order chi connectivity index (χ0) is 20.7. The summed E-state index contributed by atoms with van der Waals surface area (Å²) in [6, 6.07) is 3.75. The van der Waals surface area contributed by atoms with Crippen molar-refractivity contribution in [3.63, 3.8) is 0 Å². The Labute approximate surface area is 173 Å². The number of amides is 1. The fourth-order valence-electron chi connectivity index (χ4n) is 3.45. The molecular weight excluding hydrogens is 402 g/mol. The van der Waals surface area contributed by atoms with Crippen molar-refractivity contribution in [2.45, 2.75) is 38.6 Å². The summed E-state index contributed by atoms with van der Waals surface area (Å²) in [5.74, 6) is 0.102. The monoisotopic (exact) mass is 431 g/mol. The molecule has 0 spiro atoms. The van der Waals surface area contributed by atoms with Gasteiger partial charge < -0.3 is 15.0 Å². The van der Waals surface area contributed by atoms with E-state index in [0.717, 1.165) is 36.6 Å². The zero-order valence-corrected chi connectivity index (χ0v) is 18.4. The Balaban J connectivity index is 1.99. The number of likely N-dealkylation sites (tertiary alicyclic amines) is 1. The van der Waals surface area contributed by atoms with E-state index < -0.39 is 16.1 Å². The molecule has 1 aliphatic heterocycles. The lowest BCUT2D eigenvalue weighted by Crippen LogP contribution is -2.48. The van der Waals surface area contributed by atoms with Gasteiger partial charge in [0.25, 0.3) is 0 Å². The quantitative estimate of drug-likeness (QED) is 0.608. The van der Waals surface area contributed by atoms with Crippen LogP contribution in [0, 0.1) is 0 Å². The average molecular weight is 432 g/mol. The largest absolute Gasteiger partial charge is 0.495 e. The predicted molar refractivity (Wildman–Crippen MR) is 113 cm³/mol. The molecule has 28 heavy (non-hydrogen) atoms. The maximum atomic E-state index is 12.6. The van der Waals surface area contributed by atoms with Gasteiger partial charge in [0, 0.05) is 6.54 Å². The van der Waals surface area contributed by atoms with E-state index in [1.54, 1.807) is 19.1 Å². The highest BCUT2D eigenvalue weighted by atomic mass is 35.5. The number of hydrogen-bond acceptors (Lipinski definition) is 5. The van der Waals surface area contributed by atoms with Crippen LogP contribution in [0.25, 0.3) is 0 Å². The first-order chi connectivity index (χ1) is 13.2. The summed E-state index contributed by atoms with van der Waals surface area (Å²) >= 11 is 6.13. The second kappa shape index (κ2) is 10.3. The molecule has 1 amide bonds. The van der Waals surface area contributed by atoms with E-state index in [1.807, 2.05) is 0 Å². The van der Waals surface area contributed by atoms with Gasteiger partial charge in [0.1, 0.15) is 11.8 Å². The SMILES string of the molecule is COc1ccc(N(C(C)C(=O)NCCCN2CCCCC2)S(C)(=O)=O)cc1Cl. The molecule has 1 unspecified atom stereocenters. The maximum Gasteiger partial charge on any atom is 0.243 e. The summed E-state index contributed by atoms with van der Waals surface area (Å²) < 4.78 is 30.9. The first-order valence-corrected chi connectivity index (χ1v) is 11.8. The minimum atomic E-state index is -3.68. The minimum absolute atomic E-state index is 0.280. The van der Waals surface area contributed by atoms with Crippen molar-refractivity contribution in [1.82, 2.24) is 10.2 Å². The summed E-state index contributed by atoms with van der Waals surface area (Å²) in [6.45, 7) is 5.26. The molecule has 0 radical (unpaired) electrons. The number of piperidine rings is 1. The number of nitrogens with one attached hydrogen (secondary N) is 1. The van der Waals surface area contributed by atoms with Gasteiger partial charge in [0.2, 0.25) is 15.9 Å². The molecule has 1 aliphatic rings. The molecule has 1 atom stereocenters. The van der Waals surface area contributed by atoms with Crippen LogP contribution < -0.4 is 14.4 Å². The van der Waals surface area contributed by atoms with Gasteiger partial charge in [0.15, 0.2) is 0 Å². The van der Waals surface area contributed by atoms with E-state index in [0.29, 0.717) is 18.0 Å². The van der Waals surface area contributed by atoms with Crippen LogP contribution in [0.4, 0.5) is 5.69 Å². The number of hydrogen-bond donors (Lipinski definition) is 1. The number of halogens is 1. The van der Waals surface area contributed by atoms with Gasteiger partial charge in [-0.1, -0.05) is 18.0 Å². The lowest BCUT2D eigenvalue weighted by Gasteiger charge is -2.29. The predicted octanol–water partition coefficient (Wildman–Crippen LogP) is 2.50. The number of benzene rings is 1. The van der Waals surface area contributed by atoms with Crippen LogP contribution in [0.2, 0.25) is 5.02 Å². The fourth-order valence-corrected chi connectivity index (χ4v) is 4.86. The summed E-state index contributed by atoms with van der Waals surface area (Å²) in [5, 5.41) is 3.13. The van der Waals surface area contributed by atoms with E-state index in [2.05, 4.69) is 10.2 Å². The highest BCUT2D eigenvalue weighted by Crippen LogP contribution is 2.31. The van der Waals surface area contributed by atoms with Crippen LogP contribution in [-0.2, 0) is 14.8 Å². The van der Waals surface area contributed by atoms with Gasteiger partial charge in [0.05, 0.1) is 24.1 Å². The molecule has 2 rings (SSSR count). The molecule has 1 heterocycles. The average Bonchev–Trinajstić information content (AvgIpc) is 2.65. The van der Waals surface area contributed by atoms with Crippen molar-refractivity contribution in [2.24, 2.45) is 0 Å². The highest BCUT2D eigenvalue weighted by Gasteiger charge is 2.29. The van der Waals surface area contributed by atoms with Crippen LogP contribution in [-0.4, -0.2) is 64.8 Å². The highest BCUT2D eigenvalue weighted by molar-refractivity contribution is 7.92. The number of carbonyl (C=O) groups is 1. The lowest BCUT2D eigenvalue weighted by molar-refractivity contribution is -0.121. The van der Waals surface area contributed by atoms with Gasteiger partial charge >= 0.3 is 0 Å². The van der Waals surface area contributed by atoms with Crippen molar-refractivity contribution in [2.75, 3.05) is 43.8 Å². The molecule has 1 aromatic rings. The Morgan fingerprint density at radius 1 is 1.32 bits per heavy atom. The topological polar surface area (TPSA) is 79.0 Å². The van der Waals surface area contributed by atoms with Crippen molar-refractivity contribution in [3.8, 4) is 5.75 Å². The number of nitrogens with zero attached hydrogens (tertiary/aromatic N) is 2. The summed E-state index contributed by atoms with van der Waals surface area (Å²) in [6.07, 6.45) is 5.67.